The molecule has 2 N–H and O–H groups in total. The SMILES string of the molecule is CC(C)n1c(CCOCC(F)F)nc2cc(CN)ccc21. The van der Waals surface area contributed by atoms with Crippen LogP contribution < -0.4 is 5.73 Å². The van der Waals surface area contributed by atoms with E-state index in [1.54, 1.807) is 0 Å². The van der Waals surface area contributed by atoms with Gasteiger partial charge in [-0.3, -0.25) is 0 Å². The normalized spacial score (nSPS) is 12.0. The highest BCUT2D eigenvalue weighted by Gasteiger charge is 2.13. The lowest BCUT2D eigenvalue weighted by Gasteiger charge is -2.13. The third-order valence-electron chi connectivity index (χ3n) is 3.29. The molecule has 0 bridgehead atoms. The van der Waals surface area contributed by atoms with Crippen molar-refractivity contribution in [1.29, 1.82) is 0 Å². The molecular formula is C15H21F2N3O. The van der Waals surface area contributed by atoms with Crippen LogP contribution in [0, 0.1) is 0 Å². The molecule has 0 fully saturated rings. The first-order valence-corrected chi connectivity index (χ1v) is 7.08. The third-order valence-corrected chi connectivity index (χ3v) is 3.29. The number of imidazole rings is 1. The van der Waals surface area contributed by atoms with Crippen LogP contribution in [0.2, 0.25) is 0 Å². The smallest absolute Gasteiger partial charge is 0.261 e. The van der Waals surface area contributed by atoms with Gasteiger partial charge in [-0.15, -0.1) is 0 Å². The van der Waals surface area contributed by atoms with Crippen molar-refractivity contribution >= 4 is 11.0 Å². The molecule has 21 heavy (non-hydrogen) atoms. The third kappa shape index (κ3) is 3.77. The van der Waals surface area contributed by atoms with Gasteiger partial charge < -0.3 is 15.0 Å². The number of benzene rings is 1. The van der Waals surface area contributed by atoms with Crippen LogP contribution in [0.4, 0.5) is 8.78 Å². The predicted octanol–water partition coefficient (Wildman–Crippen LogP) is 2.90. The summed E-state index contributed by atoms with van der Waals surface area (Å²) in [5.41, 5.74) is 8.59. The lowest BCUT2D eigenvalue weighted by molar-refractivity contribution is 0.0181. The predicted molar refractivity (Wildman–Crippen MR) is 78.5 cm³/mol. The number of aromatic nitrogens is 2. The highest BCUT2D eigenvalue weighted by atomic mass is 19.3. The molecule has 2 aromatic rings. The van der Waals surface area contributed by atoms with Crippen molar-refractivity contribution in [3.63, 3.8) is 0 Å². The van der Waals surface area contributed by atoms with E-state index >= 15 is 0 Å². The molecule has 0 saturated heterocycles. The second kappa shape index (κ2) is 6.95. The first-order valence-electron chi connectivity index (χ1n) is 7.08. The average Bonchev–Trinajstić information content (AvgIpc) is 2.80. The van der Waals surface area contributed by atoms with Crippen molar-refractivity contribution in [2.45, 2.75) is 39.3 Å². The van der Waals surface area contributed by atoms with E-state index in [4.69, 9.17) is 10.5 Å². The molecule has 0 atom stereocenters. The molecule has 1 heterocycles. The van der Waals surface area contributed by atoms with Crippen LogP contribution in [0.3, 0.4) is 0 Å². The largest absolute Gasteiger partial charge is 0.375 e. The van der Waals surface area contributed by atoms with Gasteiger partial charge in [-0.05, 0) is 31.5 Å². The summed E-state index contributed by atoms with van der Waals surface area (Å²) in [5.74, 6) is 0.850. The second-order valence-electron chi connectivity index (χ2n) is 5.23. The molecule has 0 aliphatic rings. The lowest BCUT2D eigenvalue weighted by atomic mass is 10.2. The van der Waals surface area contributed by atoms with Gasteiger partial charge in [0.1, 0.15) is 12.4 Å². The van der Waals surface area contributed by atoms with Gasteiger partial charge in [0.05, 0.1) is 17.6 Å². The van der Waals surface area contributed by atoms with Crippen LogP contribution >= 0.6 is 0 Å². The number of fused-ring (bicyclic) bond motifs is 1. The fraction of sp³-hybridized carbons (Fsp3) is 0.533. The molecule has 0 aliphatic heterocycles. The Balaban J connectivity index is 2.22. The van der Waals surface area contributed by atoms with Crippen LogP contribution in [0.25, 0.3) is 11.0 Å². The highest BCUT2D eigenvalue weighted by Crippen LogP contribution is 2.22. The number of nitrogens with two attached hydrogens (primary N) is 1. The Hall–Kier alpha value is -1.53. The number of hydrogen-bond donors (Lipinski definition) is 1. The zero-order valence-corrected chi connectivity index (χ0v) is 12.4. The molecule has 116 valence electrons. The van der Waals surface area contributed by atoms with Gasteiger partial charge in [0.2, 0.25) is 0 Å². The van der Waals surface area contributed by atoms with Crippen LogP contribution in [0.1, 0.15) is 31.3 Å². The minimum Gasteiger partial charge on any atom is -0.375 e. The fourth-order valence-electron chi connectivity index (χ4n) is 2.41. The van der Waals surface area contributed by atoms with Crippen molar-refractivity contribution < 1.29 is 13.5 Å². The maximum absolute atomic E-state index is 12.1. The minimum absolute atomic E-state index is 0.240. The summed E-state index contributed by atoms with van der Waals surface area (Å²) in [6.07, 6.45) is -1.92. The average molecular weight is 297 g/mol. The standard InChI is InChI=1S/C15H21F2N3O/c1-10(2)20-13-4-3-11(8-18)7-12(13)19-15(20)5-6-21-9-14(16)17/h3-4,7,10,14H,5-6,8-9,18H2,1-2H3. The number of nitrogens with zero attached hydrogens (tertiary/aromatic N) is 2. The van der Waals surface area contributed by atoms with Crippen LogP contribution in [0.5, 0.6) is 0 Å². The molecule has 0 aliphatic carbocycles. The van der Waals surface area contributed by atoms with Crippen molar-refractivity contribution in [2.75, 3.05) is 13.2 Å². The minimum atomic E-state index is -2.43. The topological polar surface area (TPSA) is 53.1 Å². The molecule has 0 spiro atoms. The molecule has 2 rings (SSSR count). The van der Waals surface area contributed by atoms with Crippen molar-refractivity contribution in [1.82, 2.24) is 9.55 Å². The Kier molecular flexibility index (Phi) is 5.25. The maximum atomic E-state index is 12.1. The molecular weight excluding hydrogens is 276 g/mol. The van der Waals surface area contributed by atoms with Crippen molar-refractivity contribution in [3.8, 4) is 0 Å². The van der Waals surface area contributed by atoms with Crippen LogP contribution in [0.15, 0.2) is 18.2 Å². The molecule has 0 radical (unpaired) electrons. The van der Waals surface area contributed by atoms with Crippen LogP contribution in [-0.2, 0) is 17.7 Å². The van der Waals surface area contributed by atoms with Gasteiger partial charge in [0, 0.05) is 19.0 Å². The maximum Gasteiger partial charge on any atom is 0.261 e. The zero-order valence-electron chi connectivity index (χ0n) is 12.4. The first kappa shape index (κ1) is 15.9. The summed E-state index contributed by atoms with van der Waals surface area (Å²) in [5, 5.41) is 0. The van der Waals surface area contributed by atoms with Gasteiger partial charge in [-0.2, -0.15) is 0 Å². The Labute approximate surface area is 122 Å². The molecule has 1 aromatic carbocycles. The number of ether oxygens (including phenoxy) is 1. The van der Waals surface area contributed by atoms with Crippen molar-refractivity contribution in [2.24, 2.45) is 5.73 Å². The molecule has 0 unspecified atom stereocenters. The van der Waals surface area contributed by atoms with E-state index in [2.05, 4.69) is 23.4 Å². The van der Waals surface area contributed by atoms with E-state index in [-0.39, 0.29) is 12.6 Å². The van der Waals surface area contributed by atoms with Gasteiger partial charge in [-0.1, -0.05) is 6.07 Å². The second-order valence-corrected chi connectivity index (χ2v) is 5.23. The summed E-state index contributed by atoms with van der Waals surface area (Å²) in [6.45, 7) is 4.32. The van der Waals surface area contributed by atoms with E-state index in [1.807, 2.05) is 18.2 Å². The molecule has 4 nitrogen and oxygen atoms in total. The van der Waals surface area contributed by atoms with E-state index in [0.717, 1.165) is 22.4 Å². The molecule has 1 aromatic heterocycles. The number of rotatable bonds is 7. The van der Waals surface area contributed by atoms with E-state index < -0.39 is 13.0 Å². The Morgan fingerprint density at radius 2 is 2.10 bits per heavy atom. The summed E-state index contributed by atoms with van der Waals surface area (Å²) >= 11 is 0. The molecule has 0 amide bonds. The van der Waals surface area contributed by atoms with E-state index in [0.29, 0.717) is 13.0 Å². The monoisotopic (exact) mass is 297 g/mol. The molecule has 6 heteroatoms. The van der Waals surface area contributed by atoms with Gasteiger partial charge in [0.25, 0.3) is 6.43 Å². The Morgan fingerprint density at radius 1 is 1.33 bits per heavy atom. The van der Waals surface area contributed by atoms with E-state index in [1.165, 1.54) is 0 Å². The Bertz CT molecular complexity index is 596. The molecule has 0 saturated carbocycles. The lowest BCUT2D eigenvalue weighted by Crippen LogP contribution is -2.11. The quantitative estimate of drug-likeness (QED) is 0.800. The summed E-state index contributed by atoms with van der Waals surface area (Å²) in [6, 6.07) is 6.20. The van der Waals surface area contributed by atoms with E-state index in [9.17, 15) is 8.78 Å². The summed E-state index contributed by atoms with van der Waals surface area (Å²) in [4.78, 5) is 4.60. The summed E-state index contributed by atoms with van der Waals surface area (Å²) in [7, 11) is 0. The van der Waals surface area contributed by atoms with Gasteiger partial charge >= 0.3 is 0 Å². The fourth-order valence-corrected chi connectivity index (χ4v) is 2.41. The van der Waals surface area contributed by atoms with Crippen molar-refractivity contribution in [3.05, 3.63) is 29.6 Å². The highest BCUT2D eigenvalue weighted by molar-refractivity contribution is 5.77. The van der Waals surface area contributed by atoms with Gasteiger partial charge in [0.15, 0.2) is 0 Å². The number of alkyl halides is 2. The Morgan fingerprint density at radius 3 is 2.71 bits per heavy atom. The number of halogens is 2. The zero-order chi connectivity index (χ0) is 15.4. The first-order chi connectivity index (χ1) is 10.0. The number of hydrogen-bond acceptors (Lipinski definition) is 3. The van der Waals surface area contributed by atoms with Gasteiger partial charge in [-0.25, -0.2) is 13.8 Å². The van der Waals surface area contributed by atoms with Crippen LogP contribution in [-0.4, -0.2) is 29.2 Å². The summed E-state index contributed by atoms with van der Waals surface area (Å²) < 4.78 is 31.2.